The summed E-state index contributed by atoms with van der Waals surface area (Å²) in [6, 6.07) is 12.2. The van der Waals surface area contributed by atoms with Crippen LogP contribution < -0.4 is 0 Å². The first-order chi connectivity index (χ1) is 8.83. The molecule has 0 unspecified atom stereocenters. The SMILES string of the molecule is Brc1cnc2c(n1)oc1ccc3ccccc3c12. The van der Waals surface area contributed by atoms with Crippen LogP contribution in [0.2, 0.25) is 0 Å². The third-order valence-corrected chi connectivity index (χ3v) is 3.43. The first-order valence-corrected chi connectivity index (χ1v) is 6.35. The summed E-state index contributed by atoms with van der Waals surface area (Å²) in [4.78, 5) is 8.72. The summed E-state index contributed by atoms with van der Waals surface area (Å²) in [5.74, 6) is 0. The van der Waals surface area contributed by atoms with E-state index in [1.807, 2.05) is 18.2 Å². The number of furan rings is 1. The van der Waals surface area contributed by atoms with Crippen molar-refractivity contribution in [1.82, 2.24) is 9.97 Å². The molecular weight excluding hydrogens is 292 g/mol. The molecule has 0 aliphatic heterocycles. The molecule has 3 nitrogen and oxygen atoms in total. The average Bonchev–Trinajstić information content (AvgIpc) is 2.76. The van der Waals surface area contributed by atoms with Crippen LogP contribution in [0.25, 0.3) is 33.0 Å². The van der Waals surface area contributed by atoms with Crippen molar-refractivity contribution in [2.75, 3.05) is 0 Å². The molecule has 0 bridgehead atoms. The molecular formula is C14H7BrN2O. The van der Waals surface area contributed by atoms with E-state index in [9.17, 15) is 0 Å². The zero-order valence-corrected chi connectivity index (χ0v) is 10.8. The number of rotatable bonds is 0. The second-order valence-electron chi connectivity index (χ2n) is 4.11. The van der Waals surface area contributed by atoms with Gasteiger partial charge < -0.3 is 4.42 Å². The predicted octanol–water partition coefficient (Wildman–Crippen LogP) is 4.29. The van der Waals surface area contributed by atoms with E-state index in [4.69, 9.17) is 4.42 Å². The van der Waals surface area contributed by atoms with Crippen molar-refractivity contribution in [3.8, 4) is 0 Å². The maximum atomic E-state index is 5.74. The Morgan fingerprint density at radius 2 is 1.94 bits per heavy atom. The van der Waals surface area contributed by atoms with Crippen LogP contribution in [-0.2, 0) is 0 Å². The lowest BCUT2D eigenvalue weighted by molar-refractivity contribution is 0.652. The average molecular weight is 299 g/mol. The van der Waals surface area contributed by atoms with Crippen LogP contribution in [0.4, 0.5) is 0 Å². The Labute approximate surface area is 111 Å². The van der Waals surface area contributed by atoms with Crippen molar-refractivity contribution in [2.24, 2.45) is 0 Å². The van der Waals surface area contributed by atoms with E-state index < -0.39 is 0 Å². The van der Waals surface area contributed by atoms with Crippen LogP contribution in [0, 0.1) is 0 Å². The van der Waals surface area contributed by atoms with Gasteiger partial charge >= 0.3 is 0 Å². The Bertz CT molecular complexity index is 898. The van der Waals surface area contributed by atoms with Gasteiger partial charge in [0, 0.05) is 0 Å². The minimum absolute atomic E-state index is 0.565. The van der Waals surface area contributed by atoms with Crippen LogP contribution in [0.5, 0.6) is 0 Å². The Kier molecular flexibility index (Phi) is 1.96. The molecule has 0 amide bonds. The van der Waals surface area contributed by atoms with Crippen LogP contribution in [0.15, 0.2) is 51.6 Å². The summed E-state index contributed by atoms with van der Waals surface area (Å²) in [7, 11) is 0. The molecule has 4 rings (SSSR count). The Morgan fingerprint density at radius 3 is 2.89 bits per heavy atom. The molecule has 0 saturated heterocycles. The molecule has 0 radical (unpaired) electrons. The van der Waals surface area contributed by atoms with Gasteiger partial charge in [-0.25, -0.2) is 9.97 Å². The highest BCUT2D eigenvalue weighted by molar-refractivity contribution is 9.10. The predicted molar refractivity (Wildman–Crippen MR) is 74.5 cm³/mol. The van der Waals surface area contributed by atoms with Crippen LogP contribution in [0.3, 0.4) is 0 Å². The fourth-order valence-electron chi connectivity index (χ4n) is 2.28. The number of hydrogen-bond donors (Lipinski definition) is 0. The van der Waals surface area contributed by atoms with E-state index in [2.05, 4.69) is 44.1 Å². The summed E-state index contributed by atoms with van der Waals surface area (Å²) >= 11 is 3.31. The van der Waals surface area contributed by atoms with E-state index in [0.29, 0.717) is 10.3 Å². The lowest BCUT2D eigenvalue weighted by Gasteiger charge is -1.97. The van der Waals surface area contributed by atoms with Crippen molar-refractivity contribution in [3.63, 3.8) is 0 Å². The fraction of sp³-hybridized carbons (Fsp3) is 0. The van der Waals surface area contributed by atoms with E-state index >= 15 is 0 Å². The molecule has 18 heavy (non-hydrogen) atoms. The van der Waals surface area contributed by atoms with Crippen LogP contribution in [-0.4, -0.2) is 9.97 Å². The van der Waals surface area contributed by atoms with Crippen molar-refractivity contribution in [1.29, 1.82) is 0 Å². The molecule has 86 valence electrons. The molecule has 2 aromatic carbocycles. The number of fused-ring (bicyclic) bond motifs is 5. The largest absolute Gasteiger partial charge is 0.436 e. The monoisotopic (exact) mass is 298 g/mol. The normalized spacial score (nSPS) is 11.6. The number of hydrogen-bond acceptors (Lipinski definition) is 3. The highest BCUT2D eigenvalue weighted by Crippen LogP contribution is 2.32. The zero-order chi connectivity index (χ0) is 12.1. The highest BCUT2D eigenvalue weighted by atomic mass is 79.9. The smallest absolute Gasteiger partial charge is 0.247 e. The molecule has 2 heterocycles. The van der Waals surface area contributed by atoms with Crippen molar-refractivity contribution in [3.05, 3.63) is 47.2 Å². The summed E-state index contributed by atoms with van der Waals surface area (Å²) in [6.45, 7) is 0. The van der Waals surface area contributed by atoms with Crippen molar-refractivity contribution in [2.45, 2.75) is 0 Å². The summed E-state index contributed by atoms with van der Waals surface area (Å²) in [6.07, 6.45) is 1.69. The maximum absolute atomic E-state index is 5.74. The Balaban J connectivity index is 2.33. The number of nitrogens with zero attached hydrogens (tertiary/aromatic N) is 2. The van der Waals surface area contributed by atoms with Gasteiger partial charge in [0.2, 0.25) is 5.71 Å². The third-order valence-electron chi connectivity index (χ3n) is 3.05. The molecule has 0 aliphatic rings. The second-order valence-corrected chi connectivity index (χ2v) is 4.92. The van der Waals surface area contributed by atoms with Crippen LogP contribution in [0.1, 0.15) is 0 Å². The van der Waals surface area contributed by atoms with E-state index in [0.717, 1.165) is 21.9 Å². The van der Waals surface area contributed by atoms with Gasteiger partial charge in [0.1, 0.15) is 15.7 Å². The van der Waals surface area contributed by atoms with Gasteiger partial charge in [-0.2, -0.15) is 0 Å². The number of benzene rings is 2. The number of halogens is 1. The molecule has 0 atom stereocenters. The molecule has 2 aromatic heterocycles. The molecule has 0 saturated carbocycles. The molecule has 4 heteroatoms. The first kappa shape index (κ1) is 10.0. The van der Waals surface area contributed by atoms with E-state index in [-0.39, 0.29) is 0 Å². The van der Waals surface area contributed by atoms with Gasteiger partial charge in [0.15, 0.2) is 0 Å². The van der Waals surface area contributed by atoms with E-state index in [1.165, 1.54) is 5.39 Å². The second kappa shape index (κ2) is 3.53. The molecule has 0 aliphatic carbocycles. The topological polar surface area (TPSA) is 38.9 Å². The first-order valence-electron chi connectivity index (χ1n) is 5.55. The molecule has 0 spiro atoms. The zero-order valence-electron chi connectivity index (χ0n) is 9.22. The van der Waals surface area contributed by atoms with Gasteiger partial charge in [0.25, 0.3) is 0 Å². The lowest BCUT2D eigenvalue weighted by atomic mass is 10.1. The van der Waals surface area contributed by atoms with Gasteiger partial charge in [-0.15, -0.1) is 0 Å². The van der Waals surface area contributed by atoms with Gasteiger partial charge in [0.05, 0.1) is 11.6 Å². The quantitative estimate of drug-likeness (QED) is 0.486. The minimum atomic E-state index is 0.565. The third kappa shape index (κ3) is 1.29. The molecule has 0 fully saturated rings. The van der Waals surface area contributed by atoms with Crippen molar-refractivity contribution >= 4 is 48.9 Å². The molecule has 0 N–H and O–H groups in total. The van der Waals surface area contributed by atoms with E-state index in [1.54, 1.807) is 6.20 Å². The minimum Gasteiger partial charge on any atom is -0.436 e. The lowest BCUT2D eigenvalue weighted by Crippen LogP contribution is -1.80. The maximum Gasteiger partial charge on any atom is 0.247 e. The van der Waals surface area contributed by atoms with Gasteiger partial charge in [-0.1, -0.05) is 30.3 Å². The van der Waals surface area contributed by atoms with Crippen LogP contribution >= 0.6 is 15.9 Å². The van der Waals surface area contributed by atoms with Gasteiger partial charge in [-0.05, 0) is 32.8 Å². The van der Waals surface area contributed by atoms with Gasteiger partial charge in [-0.3, -0.25) is 0 Å². The Morgan fingerprint density at radius 1 is 1.06 bits per heavy atom. The highest BCUT2D eigenvalue weighted by Gasteiger charge is 2.12. The Hall–Kier alpha value is -1.94. The standard InChI is InChI=1S/C14H7BrN2O/c15-11-7-16-13-12-9-4-2-1-3-8(9)5-6-10(12)18-14(13)17-11/h1-7H. The summed E-state index contributed by atoms with van der Waals surface area (Å²) in [5, 5.41) is 3.35. The fourth-order valence-corrected chi connectivity index (χ4v) is 2.54. The summed E-state index contributed by atoms with van der Waals surface area (Å²) in [5.41, 5.74) is 2.20. The molecule has 4 aromatic rings. The van der Waals surface area contributed by atoms with Crippen molar-refractivity contribution < 1.29 is 4.42 Å². The summed E-state index contributed by atoms with van der Waals surface area (Å²) < 4.78 is 6.42. The number of aromatic nitrogens is 2.